The Kier molecular flexibility index (Phi) is 6.19. The van der Waals surface area contributed by atoms with Gasteiger partial charge in [0.2, 0.25) is 0 Å². The summed E-state index contributed by atoms with van der Waals surface area (Å²) in [6.07, 6.45) is 0. The van der Waals surface area contributed by atoms with Crippen LogP contribution < -0.4 is 10.3 Å². The molecule has 1 aromatic heterocycles. The summed E-state index contributed by atoms with van der Waals surface area (Å²) in [5, 5.41) is 1.63. The van der Waals surface area contributed by atoms with Crippen LogP contribution in [0.1, 0.15) is 6.92 Å². The van der Waals surface area contributed by atoms with Gasteiger partial charge in [-0.05, 0) is 37.3 Å². The number of hydrogen-bond acceptors (Lipinski definition) is 5. The van der Waals surface area contributed by atoms with Gasteiger partial charge in [-0.25, -0.2) is 4.98 Å². The molecule has 0 aliphatic rings. The van der Waals surface area contributed by atoms with Gasteiger partial charge in [-0.2, -0.15) is 0 Å². The van der Waals surface area contributed by atoms with Gasteiger partial charge < -0.3 is 9.47 Å². The molecule has 0 N–H and O–H groups in total. The van der Waals surface area contributed by atoms with Gasteiger partial charge in [0, 0.05) is 17.4 Å². The minimum atomic E-state index is -0.157. The maximum atomic E-state index is 13.2. The van der Waals surface area contributed by atoms with Crippen LogP contribution >= 0.6 is 23.4 Å². The number of ether oxygens (including phenoxy) is 2. The molecule has 1 heterocycles. The van der Waals surface area contributed by atoms with E-state index in [0.29, 0.717) is 51.5 Å². The van der Waals surface area contributed by atoms with E-state index in [2.05, 4.69) is 4.98 Å². The third-order valence-electron chi connectivity index (χ3n) is 3.79. The molecule has 3 aromatic rings. The van der Waals surface area contributed by atoms with Crippen molar-refractivity contribution in [1.29, 1.82) is 0 Å². The van der Waals surface area contributed by atoms with Gasteiger partial charge >= 0.3 is 0 Å². The number of benzene rings is 2. The van der Waals surface area contributed by atoms with E-state index in [1.165, 1.54) is 11.8 Å². The van der Waals surface area contributed by atoms with Crippen molar-refractivity contribution in [2.75, 3.05) is 26.1 Å². The molecule has 0 amide bonds. The summed E-state index contributed by atoms with van der Waals surface area (Å²) in [6.45, 7) is 3.18. The Hall–Kier alpha value is -2.02. The first-order valence-corrected chi connectivity index (χ1v) is 9.58. The largest absolute Gasteiger partial charge is 0.495 e. The number of hydrogen-bond donors (Lipinski definition) is 0. The van der Waals surface area contributed by atoms with Crippen LogP contribution in [0.25, 0.3) is 16.6 Å². The van der Waals surface area contributed by atoms with Gasteiger partial charge in [-0.1, -0.05) is 35.5 Å². The van der Waals surface area contributed by atoms with Crippen molar-refractivity contribution in [1.82, 2.24) is 9.55 Å². The molecule has 0 saturated carbocycles. The summed E-state index contributed by atoms with van der Waals surface area (Å²) >= 11 is 7.54. The lowest BCUT2D eigenvalue weighted by atomic mass is 10.2. The molecule has 3 rings (SSSR count). The van der Waals surface area contributed by atoms with Crippen LogP contribution in [0.15, 0.2) is 52.4 Å². The molecule has 0 spiro atoms. The lowest BCUT2D eigenvalue weighted by Gasteiger charge is -2.15. The Balaban J connectivity index is 2.19. The van der Waals surface area contributed by atoms with Gasteiger partial charge in [0.05, 0.1) is 30.3 Å². The van der Waals surface area contributed by atoms with Crippen molar-refractivity contribution in [3.63, 3.8) is 0 Å². The van der Waals surface area contributed by atoms with Crippen molar-refractivity contribution >= 4 is 34.3 Å². The first-order valence-electron chi connectivity index (χ1n) is 8.22. The molecule has 0 saturated heterocycles. The zero-order valence-electron chi connectivity index (χ0n) is 14.6. The van der Waals surface area contributed by atoms with Gasteiger partial charge in [0.25, 0.3) is 5.56 Å². The zero-order chi connectivity index (χ0) is 18.5. The lowest BCUT2D eigenvalue weighted by molar-refractivity contribution is 0.164. The highest BCUT2D eigenvalue weighted by molar-refractivity contribution is 7.99. The van der Waals surface area contributed by atoms with Crippen molar-refractivity contribution in [2.45, 2.75) is 12.1 Å². The number of rotatable bonds is 7. The van der Waals surface area contributed by atoms with Crippen molar-refractivity contribution in [2.24, 2.45) is 0 Å². The third-order valence-corrected chi connectivity index (χ3v) is 4.93. The first kappa shape index (κ1) is 18.8. The molecule has 0 atom stereocenters. The number of thioether (sulfide) groups is 1. The molecule has 0 bridgehead atoms. The molecule has 7 heteroatoms. The predicted molar refractivity (Wildman–Crippen MR) is 106 cm³/mol. The standard InChI is InChI=1S/C19H19ClN2O3S/c1-3-25-10-11-26-19-21-15-12-13(20)8-9-14(15)18(23)22(19)16-6-4-5-7-17(16)24-2/h4-9,12H,3,10-11H2,1-2H3. The fraction of sp³-hybridized carbons (Fsp3) is 0.263. The fourth-order valence-corrected chi connectivity index (χ4v) is 3.62. The summed E-state index contributed by atoms with van der Waals surface area (Å²) in [6, 6.07) is 12.5. The quantitative estimate of drug-likeness (QED) is 0.344. The van der Waals surface area contributed by atoms with Crippen LogP contribution in [0.2, 0.25) is 5.02 Å². The van der Waals surface area contributed by atoms with Crippen LogP contribution in [0.4, 0.5) is 0 Å². The number of methoxy groups -OCH3 is 1. The van der Waals surface area contributed by atoms with E-state index in [-0.39, 0.29) is 5.56 Å². The second kappa shape index (κ2) is 8.58. The van der Waals surface area contributed by atoms with Gasteiger partial charge in [-0.3, -0.25) is 9.36 Å². The fourth-order valence-electron chi connectivity index (χ4n) is 2.60. The molecule has 5 nitrogen and oxygen atoms in total. The van der Waals surface area contributed by atoms with Crippen LogP contribution in [0.3, 0.4) is 0 Å². The van der Waals surface area contributed by atoms with E-state index in [1.807, 2.05) is 31.2 Å². The number of fused-ring (bicyclic) bond motifs is 1. The SMILES string of the molecule is CCOCCSc1nc2cc(Cl)ccc2c(=O)n1-c1ccccc1OC. The third kappa shape index (κ3) is 3.87. The molecule has 0 radical (unpaired) electrons. The van der Waals surface area contributed by atoms with E-state index < -0.39 is 0 Å². The Labute approximate surface area is 160 Å². The summed E-state index contributed by atoms with van der Waals surface area (Å²) in [7, 11) is 1.58. The summed E-state index contributed by atoms with van der Waals surface area (Å²) < 4.78 is 12.4. The zero-order valence-corrected chi connectivity index (χ0v) is 16.1. The number of para-hydroxylation sites is 2. The number of nitrogens with zero attached hydrogens (tertiary/aromatic N) is 2. The average molecular weight is 391 g/mol. The van der Waals surface area contributed by atoms with Crippen LogP contribution in [-0.2, 0) is 4.74 Å². The Bertz CT molecular complexity index is 975. The molecule has 0 aliphatic heterocycles. The second-order valence-corrected chi connectivity index (χ2v) is 6.91. The molecule has 26 heavy (non-hydrogen) atoms. The van der Waals surface area contributed by atoms with Crippen molar-refractivity contribution < 1.29 is 9.47 Å². The normalized spacial score (nSPS) is 11.0. The van der Waals surface area contributed by atoms with Crippen LogP contribution in [0, 0.1) is 0 Å². The van der Waals surface area contributed by atoms with E-state index in [1.54, 1.807) is 29.9 Å². The molecule has 0 unspecified atom stereocenters. The Morgan fingerprint density at radius 1 is 1.23 bits per heavy atom. The molecular formula is C19H19ClN2O3S. The first-order chi connectivity index (χ1) is 12.7. The van der Waals surface area contributed by atoms with E-state index in [0.717, 1.165) is 0 Å². The maximum Gasteiger partial charge on any atom is 0.266 e. The van der Waals surface area contributed by atoms with Gasteiger partial charge in [-0.15, -0.1) is 0 Å². The topological polar surface area (TPSA) is 53.3 Å². The van der Waals surface area contributed by atoms with E-state index in [4.69, 9.17) is 21.1 Å². The highest BCUT2D eigenvalue weighted by Crippen LogP contribution is 2.27. The smallest absolute Gasteiger partial charge is 0.266 e. The van der Waals surface area contributed by atoms with Crippen molar-refractivity contribution in [3.05, 3.63) is 57.8 Å². The second-order valence-electron chi connectivity index (χ2n) is 5.41. The van der Waals surface area contributed by atoms with Crippen LogP contribution in [-0.4, -0.2) is 35.6 Å². The highest BCUT2D eigenvalue weighted by atomic mass is 35.5. The van der Waals surface area contributed by atoms with Crippen LogP contribution in [0.5, 0.6) is 5.75 Å². The minimum Gasteiger partial charge on any atom is -0.495 e. The van der Waals surface area contributed by atoms with Gasteiger partial charge in [0.15, 0.2) is 5.16 Å². The maximum absolute atomic E-state index is 13.2. The van der Waals surface area contributed by atoms with Gasteiger partial charge in [0.1, 0.15) is 5.75 Å². The minimum absolute atomic E-state index is 0.157. The molecule has 0 aliphatic carbocycles. The monoisotopic (exact) mass is 390 g/mol. The lowest BCUT2D eigenvalue weighted by Crippen LogP contribution is -2.22. The molecule has 136 valence electrons. The molecule has 0 fully saturated rings. The summed E-state index contributed by atoms with van der Waals surface area (Å²) in [5.74, 6) is 1.29. The highest BCUT2D eigenvalue weighted by Gasteiger charge is 2.16. The Morgan fingerprint density at radius 3 is 2.81 bits per heavy atom. The van der Waals surface area contributed by atoms with E-state index >= 15 is 0 Å². The predicted octanol–water partition coefficient (Wildman–Crippen LogP) is 4.18. The Morgan fingerprint density at radius 2 is 2.04 bits per heavy atom. The number of halogens is 1. The van der Waals surface area contributed by atoms with E-state index in [9.17, 15) is 4.79 Å². The number of aromatic nitrogens is 2. The average Bonchev–Trinajstić information content (AvgIpc) is 2.65. The van der Waals surface area contributed by atoms with Crippen molar-refractivity contribution in [3.8, 4) is 11.4 Å². The summed E-state index contributed by atoms with van der Waals surface area (Å²) in [4.78, 5) is 17.9. The summed E-state index contributed by atoms with van der Waals surface area (Å²) in [5.41, 5.74) is 1.07. The molecular weight excluding hydrogens is 372 g/mol. The molecule has 2 aromatic carbocycles.